The van der Waals surface area contributed by atoms with Gasteiger partial charge in [-0.2, -0.15) is 0 Å². The van der Waals surface area contributed by atoms with E-state index in [1.165, 1.54) is 29.5 Å². The topological polar surface area (TPSA) is 62.3 Å². The maximum atomic E-state index is 13.1. The van der Waals surface area contributed by atoms with Crippen molar-refractivity contribution in [2.24, 2.45) is 0 Å². The molecule has 2 amide bonds. The highest BCUT2D eigenvalue weighted by Crippen LogP contribution is 2.25. The molecule has 0 atom stereocenters. The van der Waals surface area contributed by atoms with E-state index in [-0.39, 0.29) is 23.3 Å². The summed E-state index contributed by atoms with van der Waals surface area (Å²) in [6.45, 7) is 0.673. The summed E-state index contributed by atoms with van der Waals surface area (Å²) in [7, 11) is 0. The van der Waals surface area contributed by atoms with Crippen LogP contribution in [0.1, 0.15) is 18.5 Å². The Morgan fingerprint density at radius 3 is 3.00 bits per heavy atom. The second-order valence-electron chi connectivity index (χ2n) is 5.12. The minimum absolute atomic E-state index is 0.0497. The number of rotatable bonds is 4. The van der Waals surface area contributed by atoms with Gasteiger partial charge < -0.3 is 5.32 Å². The van der Waals surface area contributed by atoms with Crippen LogP contribution >= 0.6 is 22.9 Å². The lowest BCUT2D eigenvalue weighted by atomic mass is 10.2. The number of thiazole rings is 1. The fourth-order valence-electron chi connectivity index (χ4n) is 2.30. The smallest absolute Gasteiger partial charge is 0.230 e. The van der Waals surface area contributed by atoms with E-state index in [9.17, 15) is 14.0 Å². The Labute approximate surface area is 141 Å². The van der Waals surface area contributed by atoms with E-state index in [0.29, 0.717) is 29.5 Å². The average Bonchev–Trinajstić information content (AvgIpc) is 3.11. The molecule has 0 saturated carbocycles. The number of amides is 2. The van der Waals surface area contributed by atoms with E-state index in [0.717, 1.165) is 6.42 Å². The maximum Gasteiger partial charge on any atom is 0.230 e. The number of anilines is 2. The van der Waals surface area contributed by atoms with Crippen LogP contribution in [0.25, 0.3) is 0 Å². The summed E-state index contributed by atoms with van der Waals surface area (Å²) in [5.74, 6) is -0.752. The molecule has 1 aromatic carbocycles. The normalized spacial score (nSPS) is 14.3. The van der Waals surface area contributed by atoms with Gasteiger partial charge in [0.25, 0.3) is 0 Å². The molecule has 2 heterocycles. The zero-order chi connectivity index (χ0) is 16.4. The van der Waals surface area contributed by atoms with Crippen molar-refractivity contribution in [3.8, 4) is 0 Å². The molecule has 2 aromatic rings. The molecule has 1 N–H and O–H groups in total. The first-order chi connectivity index (χ1) is 11.0. The highest BCUT2D eigenvalue weighted by atomic mass is 35.5. The molecular formula is C15H13ClFN3O2S. The van der Waals surface area contributed by atoms with Crippen LogP contribution in [0.4, 0.5) is 15.2 Å². The van der Waals surface area contributed by atoms with E-state index in [2.05, 4.69) is 10.3 Å². The quantitative estimate of drug-likeness (QED) is 0.917. The van der Waals surface area contributed by atoms with Gasteiger partial charge in [-0.15, -0.1) is 11.3 Å². The van der Waals surface area contributed by atoms with Crippen molar-refractivity contribution in [3.63, 3.8) is 0 Å². The third-order valence-electron chi connectivity index (χ3n) is 3.39. The van der Waals surface area contributed by atoms with Crippen LogP contribution in [-0.4, -0.2) is 23.3 Å². The molecule has 0 spiro atoms. The van der Waals surface area contributed by atoms with Crippen molar-refractivity contribution in [2.45, 2.75) is 19.3 Å². The summed E-state index contributed by atoms with van der Waals surface area (Å²) in [5.41, 5.74) is 1.02. The van der Waals surface area contributed by atoms with Crippen LogP contribution in [0.3, 0.4) is 0 Å². The van der Waals surface area contributed by atoms with Crippen molar-refractivity contribution in [2.75, 3.05) is 16.8 Å². The lowest BCUT2D eigenvalue weighted by molar-refractivity contribution is -0.117. The van der Waals surface area contributed by atoms with Gasteiger partial charge >= 0.3 is 0 Å². The summed E-state index contributed by atoms with van der Waals surface area (Å²) in [4.78, 5) is 29.7. The van der Waals surface area contributed by atoms with Crippen LogP contribution in [0.2, 0.25) is 5.02 Å². The van der Waals surface area contributed by atoms with E-state index < -0.39 is 5.82 Å². The lowest BCUT2D eigenvalue weighted by Gasteiger charge is -2.10. The minimum Gasteiger partial charge on any atom is -0.326 e. The molecule has 120 valence electrons. The van der Waals surface area contributed by atoms with E-state index in [1.807, 2.05) is 0 Å². The first-order valence-electron chi connectivity index (χ1n) is 7.02. The van der Waals surface area contributed by atoms with E-state index in [1.54, 1.807) is 10.3 Å². The number of halogens is 2. The number of carbonyl (C=O) groups is 2. The van der Waals surface area contributed by atoms with Crippen molar-refractivity contribution >= 4 is 45.6 Å². The first-order valence-corrected chi connectivity index (χ1v) is 8.28. The number of hydrogen-bond donors (Lipinski definition) is 1. The molecule has 8 heteroatoms. The van der Waals surface area contributed by atoms with Crippen LogP contribution in [0, 0.1) is 5.82 Å². The third-order valence-corrected chi connectivity index (χ3v) is 4.59. The van der Waals surface area contributed by atoms with Gasteiger partial charge in [0.2, 0.25) is 11.8 Å². The number of nitrogens with zero attached hydrogens (tertiary/aromatic N) is 2. The minimum atomic E-state index is -0.538. The summed E-state index contributed by atoms with van der Waals surface area (Å²) in [6, 6.07) is 3.98. The van der Waals surface area contributed by atoms with Gasteiger partial charge in [-0.3, -0.25) is 14.5 Å². The van der Waals surface area contributed by atoms with Crippen LogP contribution in [-0.2, 0) is 16.0 Å². The SMILES string of the molecule is O=C(Cc1csc(N2CCCC2=O)n1)Nc1ccc(F)c(Cl)c1. The highest BCUT2D eigenvalue weighted by Gasteiger charge is 2.24. The molecule has 1 aromatic heterocycles. The molecule has 0 radical (unpaired) electrons. The largest absolute Gasteiger partial charge is 0.326 e. The van der Waals surface area contributed by atoms with Crippen molar-refractivity contribution in [3.05, 3.63) is 40.1 Å². The van der Waals surface area contributed by atoms with Gasteiger partial charge in [0.15, 0.2) is 5.13 Å². The van der Waals surface area contributed by atoms with Crippen molar-refractivity contribution in [1.29, 1.82) is 0 Å². The van der Waals surface area contributed by atoms with E-state index >= 15 is 0 Å². The first kappa shape index (κ1) is 15.9. The monoisotopic (exact) mass is 353 g/mol. The van der Waals surface area contributed by atoms with Gasteiger partial charge in [0, 0.05) is 24.0 Å². The number of aromatic nitrogens is 1. The maximum absolute atomic E-state index is 13.1. The fourth-order valence-corrected chi connectivity index (χ4v) is 3.34. The molecule has 23 heavy (non-hydrogen) atoms. The second kappa shape index (κ2) is 6.64. The highest BCUT2D eigenvalue weighted by molar-refractivity contribution is 7.14. The van der Waals surface area contributed by atoms with Crippen molar-refractivity contribution < 1.29 is 14.0 Å². The van der Waals surface area contributed by atoms with Gasteiger partial charge in [-0.1, -0.05) is 11.6 Å². The molecule has 1 saturated heterocycles. The molecule has 0 unspecified atom stereocenters. The Morgan fingerprint density at radius 1 is 1.48 bits per heavy atom. The fraction of sp³-hybridized carbons (Fsp3) is 0.267. The number of carbonyl (C=O) groups excluding carboxylic acids is 2. The standard InChI is InChI=1S/C15H13ClFN3O2S/c16-11-6-9(3-4-12(11)17)18-13(21)7-10-8-23-15(19-10)20-5-1-2-14(20)22/h3-4,6,8H,1-2,5,7H2,(H,18,21). The van der Waals surface area contributed by atoms with Gasteiger partial charge in [-0.25, -0.2) is 9.37 Å². The predicted octanol–water partition coefficient (Wildman–Crippen LogP) is 3.24. The van der Waals surface area contributed by atoms with E-state index in [4.69, 9.17) is 11.6 Å². The molecule has 3 rings (SSSR count). The Balaban J connectivity index is 1.63. The Bertz CT molecular complexity index is 765. The van der Waals surface area contributed by atoms with Gasteiger partial charge in [0.05, 0.1) is 17.1 Å². The number of hydrogen-bond acceptors (Lipinski definition) is 4. The molecule has 1 aliphatic heterocycles. The summed E-state index contributed by atoms with van der Waals surface area (Å²) < 4.78 is 13.1. The Morgan fingerprint density at radius 2 is 2.30 bits per heavy atom. The molecule has 1 fully saturated rings. The summed E-state index contributed by atoms with van der Waals surface area (Å²) in [6.07, 6.45) is 1.45. The second-order valence-corrected chi connectivity index (χ2v) is 6.37. The van der Waals surface area contributed by atoms with Gasteiger partial charge in [-0.05, 0) is 24.6 Å². The summed E-state index contributed by atoms with van der Waals surface area (Å²) in [5, 5.41) is 4.98. The number of benzene rings is 1. The van der Waals surface area contributed by atoms with Crippen LogP contribution in [0.15, 0.2) is 23.6 Å². The molecule has 1 aliphatic rings. The van der Waals surface area contributed by atoms with Crippen LogP contribution < -0.4 is 10.2 Å². The molecule has 0 aliphatic carbocycles. The molecular weight excluding hydrogens is 341 g/mol. The number of nitrogens with one attached hydrogen (secondary N) is 1. The predicted molar refractivity (Wildman–Crippen MR) is 87.4 cm³/mol. The lowest BCUT2D eigenvalue weighted by Crippen LogP contribution is -2.23. The average molecular weight is 354 g/mol. The Kier molecular flexibility index (Phi) is 4.58. The molecule has 0 bridgehead atoms. The summed E-state index contributed by atoms with van der Waals surface area (Å²) >= 11 is 7.02. The third kappa shape index (κ3) is 3.68. The molecule has 5 nitrogen and oxygen atoms in total. The zero-order valence-electron chi connectivity index (χ0n) is 12.0. The zero-order valence-corrected chi connectivity index (χ0v) is 13.6. The van der Waals surface area contributed by atoms with Gasteiger partial charge in [0.1, 0.15) is 5.82 Å². The Hall–Kier alpha value is -1.99. The van der Waals surface area contributed by atoms with Crippen LogP contribution in [0.5, 0.6) is 0 Å². The van der Waals surface area contributed by atoms with Crippen molar-refractivity contribution in [1.82, 2.24) is 4.98 Å².